The first-order valence-electron chi connectivity index (χ1n) is 5.73. The SMILES string of the molecule is CNCC(O)COC1CCCC(OC)C1. The normalized spacial score (nSPS) is 29.0. The van der Waals surface area contributed by atoms with E-state index in [1.165, 1.54) is 0 Å². The van der Waals surface area contributed by atoms with Crippen LogP contribution in [0.4, 0.5) is 0 Å². The molecule has 1 aliphatic rings. The summed E-state index contributed by atoms with van der Waals surface area (Å²) in [7, 11) is 3.58. The zero-order valence-corrected chi connectivity index (χ0v) is 9.74. The molecule has 0 spiro atoms. The quantitative estimate of drug-likeness (QED) is 0.682. The van der Waals surface area contributed by atoms with Gasteiger partial charge in [0.1, 0.15) is 0 Å². The smallest absolute Gasteiger partial charge is 0.0897 e. The third-order valence-corrected chi connectivity index (χ3v) is 2.88. The number of rotatable bonds is 6. The van der Waals surface area contributed by atoms with E-state index in [0.717, 1.165) is 25.7 Å². The molecular formula is C11H23NO3. The maximum atomic E-state index is 9.48. The van der Waals surface area contributed by atoms with E-state index in [0.29, 0.717) is 19.3 Å². The first kappa shape index (κ1) is 12.9. The first-order chi connectivity index (χ1) is 7.26. The van der Waals surface area contributed by atoms with Crippen molar-refractivity contribution in [1.29, 1.82) is 0 Å². The number of ether oxygens (including phenoxy) is 2. The Hall–Kier alpha value is -0.160. The van der Waals surface area contributed by atoms with Crippen molar-refractivity contribution in [3.8, 4) is 0 Å². The number of nitrogens with one attached hydrogen (secondary N) is 1. The first-order valence-corrected chi connectivity index (χ1v) is 5.73. The van der Waals surface area contributed by atoms with E-state index in [1.807, 2.05) is 7.05 Å². The molecule has 4 heteroatoms. The van der Waals surface area contributed by atoms with Gasteiger partial charge in [-0.05, 0) is 32.7 Å². The molecule has 0 radical (unpaired) electrons. The van der Waals surface area contributed by atoms with Gasteiger partial charge in [0, 0.05) is 13.7 Å². The summed E-state index contributed by atoms with van der Waals surface area (Å²) in [6.07, 6.45) is 4.54. The fraction of sp³-hybridized carbons (Fsp3) is 1.00. The van der Waals surface area contributed by atoms with Gasteiger partial charge in [-0.15, -0.1) is 0 Å². The molecule has 2 N–H and O–H groups in total. The van der Waals surface area contributed by atoms with E-state index in [-0.39, 0.29) is 6.10 Å². The van der Waals surface area contributed by atoms with Crippen LogP contribution >= 0.6 is 0 Å². The number of hydrogen-bond acceptors (Lipinski definition) is 4. The Labute approximate surface area is 92.0 Å². The fourth-order valence-corrected chi connectivity index (χ4v) is 2.01. The molecule has 3 atom stereocenters. The van der Waals surface area contributed by atoms with Crippen molar-refractivity contribution in [3.63, 3.8) is 0 Å². The highest BCUT2D eigenvalue weighted by atomic mass is 16.5. The van der Waals surface area contributed by atoms with Gasteiger partial charge in [0.2, 0.25) is 0 Å². The zero-order valence-electron chi connectivity index (χ0n) is 9.74. The summed E-state index contributed by atoms with van der Waals surface area (Å²) in [5, 5.41) is 12.4. The maximum Gasteiger partial charge on any atom is 0.0897 e. The van der Waals surface area contributed by atoms with Gasteiger partial charge in [0.15, 0.2) is 0 Å². The third kappa shape index (κ3) is 4.93. The number of aliphatic hydroxyl groups excluding tert-OH is 1. The maximum absolute atomic E-state index is 9.48. The number of aliphatic hydroxyl groups is 1. The van der Waals surface area contributed by atoms with Crippen LogP contribution in [0.3, 0.4) is 0 Å². The topological polar surface area (TPSA) is 50.7 Å². The second-order valence-electron chi connectivity index (χ2n) is 4.19. The van der Waals surface area contributed by atoms with E-state index in [1.54, 1.807) is 7.11 Å². The Kier molecular flexibility index (Phi) is 6.17. The van der Waals surface area contributed by atoms with Crippen LogP contribution < -0.4 is 5.32 Å². The van der Waals surface area contributed by atoms with Crippen molar-refractivity contribution in [2.24, 2.45) is 0 Å². The summed E-state index contributed by atoms with van der Waals surface area (Å²) in [6, 6.07) is 0. The molecule has 0 saturated heterocycles. The van der Waals surface area contributed by atoms with Crippen LogP contribution in [-0.4, -0.2) is 50.7 Å². The largest absolute Gasteiger partial charge is 0.389 e. The van der Waals surface area contributed by atoms with Crippen molar-refractivity contribution >= 4 is 0 Å². The monoisotopic (exact) mass is 217 g/mol. The van der Waals surface area contributed by atoms with Crippen LogP contribution in [0.5, 0.6) is 0 Å². The second kappa shape index (κ2) is 7.17. The van der Waals surface area contributed by atoms with Crippen molar-refractivity contribution in [3.05, 3.63) is 0 Å². The Morgan fingerprint density at radius 3 is 2.80 bits per heavy atom. The average Bonchev–Trinajstić information content (AvgIpc) is 2.27. The highest BCUT2D eigenvalue weighted by molar-refractivity contribution is 4.74. The molecule has 0 aromatic heterocycles. The van der Waals surface area contributed by atoms with Crippen LogP contribution in [0.1, 0.15) is 25.7 Å². The lowest BCUT2D eigenvalue weighted by molar-refractivity contribution is -0.0554. The van der Waals surface area contributed by atoms with E-state index in [9.17, 15) is 5.11 Å². The molecule has 0 bridgehead atoms. The van der Waals surface area contributed by atoms with Gasteiger partial charge in [0.25, 0.3) is 0 Å². The summed E-state index contributed by atoms with van der Waals surface area (Å²) >= 11 is 0. The lowest BCUT2D eigenvalue weighted by Gasteiger charge is -2.28. The minimum Gasteiger partial charge on any atom is -0.389 e. The lowest BCUT2D eigenvalue weighted by Crippen LogP contribution is -2.33. The summed E-state index contributed by atoms with van der Waals surface area (Å²) in [5.74, 6) is 0. The van der Waals surface area contributed by atoms with E-state index < -0.39 is 6.10 Å². The summed E-state index contributed by atoms with van der Waals surface area (Å²) in [6.45, 7) is 1.00. The van der Waals surface area contributed by atoms with E-state index in [2.05, 4.69) is 5.32 Å². The van der Waals surface area contributed by atoms with Crippen molar-refractivity contribution in [2.45, 2.75) is 44.0 Å². The average molecular weight is 217 g/mol. The standard InChI is InChI=1S/C11H23NO3/c1-12-7-9(13)8-15-11-5-3-4-10(6-11)14-2/h9-13H,3-8H2,1-2H3. The Morgan fingerprint density at radius 1 is 1.40 bits per heavy atom. The number of hydrogen-bond donors (Lipinski definition) is 2. The van der Waals surface area contributed by atoms with Gasteiger partial charge in [0.05, 0.1) is 24.9 Å². The van der Waals surface area contributed by atoms with Crippen LogP contribution in [-0.2, 0) is 9.47 Å². The zero-order chi connectivity index (χ0) is 11.1. The molecule has 4 nitrogen and oxygen atoms in total. The highest BCUT2D eigenvalue weighted by Gasteiger charge is 2.22. The highest BCUT2D eigenvalue weighted by Crippen LogP contribution is 2.22. The molecule has 1 rings (SSSR count). The Morgan fingerprint density at radius 2 is 2.13 bits per heavy atom. The van der Waals surface area contributed by atoms with Gasteiger partial charge < -0.3 is 19.9 Å². The molecule has 0 aromatic carbocycles. The van der Waals surface area contributed by atoms with Gasteiger partial charge >= 0.3 is 0 Å². The van der Waals surface area contributed by atoms with Gasteiger partial charge in [-0.25, -0.2) is 0 Å². The fourth-order valence-electron chi connectivity index (χ4n) is 2.01. The Bertz CT molecular complexity index is 166. The molecule has 1 aliphatic carbocycles. The lowest BCUT2D eigenvalue weighted by atomic mass is 9.95. The van der Waals surface area contributed by atoms with Crippen LogP contribution in [0.2, 0.25) is 0 Å². The Balaban J connectivity index is 2.14. The molecule has 3 unspecified atom stereocenters. The predicted octanol–water partition coefficient (Wildman–Crippen LogP) is 0.541. The molecular weight excluding hydrogens is 194 g/mol. The minimum absolute atomic E-state index is 0.259. The van der Waals surface area contributed by atoms with Gasteiger partial charge in [-0.2, -0.15) is 0 Å². The van der Waals surface area contributed by atoms with Gasteiger partial charge in [-0.1, -0.05) is 0 Å². The van der Waals surface area contributed by atoms with E-state index in [4.69, 9.17) is 9.47 Å². The van der Waals surface area contributed by atoms with E-state index >= 15 is 0 Å². The molecule has 1 saturated carbocycles. The summed E-state index contributed by atoms with van der Waals surface area (Å²) < 4.78 is 11.0. The molecule has 0 heterocycles. The van der Waals surface area contributed by atoms with Gasteiger partial charge in [-0.3, -0.25) is 0 Å². The van der Waals surface area contributed by atoms with Crippen LogP contribution in [0.25, 0.3) is 0 Å². The number of methoxy groups -OCH3 is 1. The second-order valence-corrected chi connectivity index (χ2v) is 4.19. The third-order valence-electron chi connectivity index (χ3n) is 2.88. The molecule has 1 fully saturated rings. The summed E-state index contributed by atoms with van der Waals surface area (Å²) in [4.78, 5) is 0. The predicted molar refractivity (Wildman–Crippen MR) is 58.9 cm³/mol. The molecule has 0 aromatic rings. The minimum atomic E-state index is -0.405. The molecule has 0 aliphatic heterocycles. The van der Waals surface area contributed by atoms with Crippen molar-refractivity contribution in [2.75, 3.05) is 27.3 Å². The molecule has 0 amide bonds. The van der Waals surface area contributed by atoms with Crippen molar-refractivity contribution in [1.82, 2.24) is 5.32 Å². The summed E-state index contributed by atoms with van der Waals surface area (Å²) in [5.41, 5.74) is 0. The number of likely N-dealkylation sites (N-methyl/N-ethyl adjacent to an activating group) is 1. The molecule has 90 valence electrons. The van der Waals surface area contributed by atoms with Crippen LogP contribution in [0, 0.1) is 0 Å². The molecule has 15 heavy (non-hydrogen) atoms. The van der Waals surface area contributed by atoms with Crippen LogP contribution in [0.15, 0.2) is 0 Å². The van der Waals surface area contributed by atoms with Crippen molar-refractivity contribution < 1.29 is 14.6 Å².